The Balaban J connectivity index is 1.34. The molecule has 0 aliphatic heterocycles. The summed E-state index contributed by atoms with van der Waals surface area (Å²) in [5, 5.41) is 2.97. The van der Waals surface area contributed by atoms with Crippen molar-refractivity contribution in [3.05, 3.63) is 96.1 Å². The SMILES string of the molecule is Cc1ccn2c(NC(=O)CCc3ncc(-c4ccc(F)cc4F)o3)c(-c3ccccc3)nc2c1. The van der Waals surface area contributed by atoms with Crippen molar-refractivity contribution in [2.24, 2.45) is 0 Å². The van der Waals surface area contributed by atoms with Gasteiger partial charge in [0, 0.05) is 30.7 Å². The first kappa shape index (κ1) is 21.5. The summed E-state index contributed by atoms with van der Waals surface area (Å²) in [5.74, 6) is -0.617. The number of carbonyl (C=O) groups excluding carboxylic acids is 1. The molecule has 0 saturated heterocycles. The van der Waals surface area contributed by atoms with Crippen LogP contribution in [0.1, 0.15) is 17.9 Å². The summed E-state index contributed by atoms with van der Waals surface area (Å²) in [6, 6.07) is 16.7. The highest BCUT2D eigenvalue weighted by atomic mass is 19.1. The Bertz CT molecular complexity index is 1490. The Morgan fingerprint density at radius 1 is 1.09 bits per heavy atom. The predicted octanol–water partition coefficient (Wildman–Crippen LogP) is 5.81. The number of aryl methyl sites for hydroxylation is 2. The number of benzene rings is 2. The van der Waals surface area contributed by atoms with Crippen LogP contribution in [0.25, 0.3) is 28.2 Å². The summed E-state index contributed by atoms with van der Waals surface area (Å²) in [6.45, 7) is 1.98. The van der Waals surface area contributed by atoms with Gasteiger partial charge in [-0.05, 0) is 36.8 Å². The van der Waals surface area contributed by atoms with E-state index in [1.165, 1.54) is 12.3 Å². The Morgan fingerprint density at radius 2 is 1.91 bits per heavy atom. The van der Waals surface area contributed by atoms with E-state index in [-0.39, 0.29) is 36.0 Å². The van der Waals surface area contributed by atoms with Crippen LogP contribution in [0.15, 0.2) is 77.5 Å². The minimum absolute atomic E-state index is 0.0964. The smallest absolute Gasteiger partial charge is 0.226 e. The van der Waals surface area contributed by atoms with Crippen LogP contribution in [0.2, 0.25) is 0 Å². The topological polar surface area (TPSA) is 72.4 Å². The van der Waals surface area contributed by atoms with Crippen LogP contribution < -0.4 is 5.32 Å². The van der Waals surface area contributed by atoms with E-state index in [0.717, 1.165) is 28.9 Å². The fourth-order valence-corrected chi connectivity index (χ4v) is 3.72. The molecule has 0 spiro atoms. The average molecular weight is 458 g/mol. The van der Waals surface area contributed by atoms with Crippen molar-refractivity contribution in [2.75, 3.05) is 5.32 Å². The molecule has 1 amide bonds. The molecular formula is C26H20F2N4O2. The number of amides is 1. The highest BCUT2D eigenvalue weighted by molar-refractivity contribution is 5.94. The average Bonchev–Trinajstić information content (AvgIpc) is 3.43. The molecule has 3 aromatic heterocycles. The Labute approximate surface area is 193 Å². The number of oxazole rings is 1. The lowest BCUT2D eigenvalue weighted by Gasteiger charge is -2.07. The van der Waals surface area contributed by atoms with Gasteiger partial charge in [0.25, 0.3) is 0 Å². The maximum Gasteiger partial charge on any atom is 0.226 e. The second-order valence-corrected chi connectivity index (χ2v) is 7.90. The van der Waals surface area contributed by atoms with Gasteiger partial charge in [-0.15, -0.1) is 0 Å². The van der Waals surface area contributed by atoms with Crippen LogP contribution in [0.4, 0.5) is 14.6 Å². The molecule has 0 unspecified atom stereocenters. The van der Waals surface area contributed by atoms with Crippen LogP contribution in [0, 0.1) is 18.6 Å². The molecule has 0 bridgehead atoms. The minimum Gasteiger partial charge on any atom is -0.441 e. The van der Waals surface area contributed by atoms with Crippen molar-refractivity contribution in [2.45, 2.75) is 19.8 Å². The lowest BCUT2D eigenvalue weighted by Crippen LogP contribution is -2.14. The summed E-state index contributed by atoms with van der Waals surface area (Å²) in [4.78, 5) is 21.7. The van der Waals surface area contributed by atoms with Gasteiger partial charge < -0.3 is 9.73 Å². The molecular weight excluding hydrogens is 438 g/mol. The van der Waals surface area contributed by atoms with E-state index < -0.39 is 11.6 Å². The molecule has 34 heavy (non-hydrogen) atoms. The molecule has 8 heteroatoms. The lowest BCUT2D eigenvalue weighted by atomic mass is 10.1. The monoisotopic (exact) mass is 458 g/mol. The first-order valence-corrected chi connectivity index (χ1v) is 10.7. The van der Waals surface area contributed by atoms with E-state index in [1.807, 2.05) is 60.0 Å². The van der Waals surface area contributed by atoms with Gasteiger partial charge >= 0.3 is 0 Å². The van der Waals surface area contributed by atoms with Gasteiger partial charge in [0.15, 0.2) is 11.7 Å². The number of hydrogen-bond acceptors (Lipinski definition) is 4. The van der Waals surface area contributed by atoms with Crippen LogP contribution in [-0.2, 0) is 11.2 Å². The molecule has 5 aromatic rings. The summed E-state index contributed by atoms with van der Waals surface area (Å²) < 4.78 is 34.6. The molecule has 1 N–H and O–H groups in total. The Hall–Kier alpha value is -4.33. The van der Waals surface area contributed by atoms with Gasteiger partial charge in [-0.25, -0.2) is 18.7 Å². The number of rotatable bonds is 6. The number of anilines is 1. The molecule has 6 nitrogen and oxygen atoms in total. The van der Waals surface area contributed by atoms with Crippen LogP contribution in [-0.4, -0.2) is 20.3 Å². The number of fused-ring (bicyclic) bond motifs is 1. The highest BCUT2D eigenvalue weighted by Crippen LogP contribution is 2.29. The number of carbonyl (C=O) groups is 1. The summed E-state index contributed by atoms with van der Waals surface area (Å²) in [5.41, 5.74) is 3.46. The lowest BCUT2D eigenvalue weighted by molar-refractivity contribution is -0.116. The number of nitrogens with one attached hydrogen (secondary N) is 1. The standard InChI is InChI=1S/C26H20F2N4O2/c1-16-11-12-32-22(13-16)30-25(17-5-3-2-4-6-17)26(32)31-23(33)9-10-24-29-15-21(34-24)19-8-7-18(27)14-20(19)28/h2-8,11-15H,9-10H2,1H3,(H,31,33). The van der Waals surface area contributed by atoms with E-state index >= 15 is 0 Å². The number of pyridine rings is 1. The molecule has 0 fully saturated rings. The van der Waals surface area contributed by atoms with Crippen molar-refractivity contribution in [3.8, 4) is 22.6 Å². The first-order valence-electron chi connectivity index (χ1n) is 10.7. The first-order chi connectivity index (χ1) is 16.5. The fourth-order valence-electron chi connectivity index (χ4n) is 3.72. The number of nitrogens with zero attached hydrogens (tertiary/aromatic N) is 3. The summed E-state index contributed by atoms with van der Waals surface area (Å²) >= 11 is 0. The van der Waals surface area contributed by atoms with Gasteiger partial charge in [-0.3, -0.25) is 9.20 Å². The van der Waals surface area contributed by atoms with Crippen molar-refractivity contribution in [3.63, 3.8) is 0 Å². The fraction of sp³-hybridized carbons (Fsp3) is 0.115. The number of aromatic nitrogens is 3. The Kier molecular flexibility index (Phi) is 5.63. The second kappa shape index (κ2) is 8.90. The Morgan fingerprint density at radius 3 is 2.71 bits per heavy atom. The maximum atomic E-state index is 14.0. The van der Waals surface area contributed by atoms with Crippen molar-refractivity contribution in [1.82, 2.24) is 14.4 Å². The van der Waals surface area contributed by atoms with Crippen LogP contribution >= 0.6 is 0 Å². The molecule has 0 aliphatic carbocycles. The van der Waals surface area contributed by atoms with E-state index in [0.29, 0.717) is 11.5 Å². The molecule has 0 atom stereocenters. The summed E-state index contributed by atoms with van der Waals surface area (Å²) in [6.07, 6.45) is 3.55. The maximum absolute atomic E-state index is 14.0. The summed E-state index contributed by atoms with van der Waals surface area (Å²) in [7, 11) is 0. The minimum atomic E-state index is -0.739. The molecule has 5 rings (SSSR count). The van der Waals surface area contributed by atoms with Crippen LogP contribution in [0.3, 0.4) is 0 Å². The molecule has 3 heterocycles. The molecule has 0 radical (unpaired) electrons. The van der Waals surface area contributed by atoms with E-state index in [1.54, 1.807) is 0 Å². The zero-order valence-electron chi connectivity index (χ0n) is 18.3. The largest absolute Gasteiger partial charge is 0.441 e. The number of hydrogen-bond donors (Lipinski definition) is 1. The third-order valence-electron chi connectivity index (χ3n) is 5.40. The van der Waals surface area contributed by atoms with E-state index in [9.17, 15) is 13.6 Å². The molecule has 2 aromatic carbocycles. The quantitative estimate of drug-likeness (QED) is 0.348. The van der Waals surface area contributed by atoms with Crippen molar-refractivity contribution < 1.29 is 18.0 Å². The van der Waals surface area contributed by atoms with Crippen molar-refractivity contribution >= 4 is 17.4 Å². The predicted molar refractivity (Wildman–Crippen MR) is 124 cm³/mol. The second-order valence-electron chi connectivity index (χ2n) is 7.90. The van der Waals surface area contributed by atoms with Gasteiger partial charge in [0.05, 0.1) is 11.8 Å². The van der Waals surface area contributed by atoms with Gasteiger partial charge in [0.1, 0.15) is 28.8 Å². The van der Waals surface area contributed by atoms with Gasteiger partial charge in [0.2, 0.25) is 5.91 Å². The van der Waals surface area contributed by atoms with Gasteiger partial charge in [-0.1, -0.05) is 30.3 Å². The normalized spacial score (nSPS) is 11.1. The van der Waals surface area contributed by atoms with E-state index in [2.05, 4.69) is 10.3 Å². The third-order valence-corrected chi connectivity index (χ3v) is 5.40. The number of imidazole rings is 1. The van der Waals surface area contributed by atoms with Crippen molar-refractivity contribution in [1.29, 1.82) is 0 Å². The highest BCUT2D eigenvalue weighted by Gasteiger charge is 2.18. The molecule has 170 valence electrons. The third kappa shape index (κ3) is 4.30. The number of halogens is 2. The van der Waals surface area contributed by atoms with E-state index in [4.69, 9.17) is 9.40 Å². The zero-order chi connectivity index (χ0) is 23.7. The zero-order valence-corrected chi connectivity index (χ0v) is 18.3. The van der Waals surface area contributed by atoms with Crippen LogP contribution in [0.5, 0.6) is 0 Å². The molecule has 0 aliphatic rings. The molecule has 0 saturated carbocycles. The van der Waals surface area contributed by atoms with Gasteiger partial charge in [-0.2, -0.15) is 0 Å².